The number of furan rings is 1. The zero-order valence-electron chi connectivity index (χ0n) is 44.2. The van der Waals surface area contributed by atoms with Gasteiger partial charge in [-0.05, 0) is 152 Å². The van der Waals surface area contributed by atoms with E-state index in [4.69, 9.17) is 9.15 Å². The number of nitrogens with zero attached hydrogens (tertiary/aromatic N) is 2. The number of aryl methyl sites for hydroxylation is 2. The molecule has 3 heterocycles. The molecule has 0 atom stereocenters. The Morgan fingerprint density at radius 2 is 1.00 bits per heavy atom. The molecule has 0 amide bonds. The van der Waals surface area contributed by atoms with Crippen molar-refractivity contribution in [1.29, 1.82) is 0 Å². The van der Waals surface area contributed by atoms with Crippen LogP contribution in [0.25, 0.3) is 33.1 Å². The third-order valence-corrected chi connectivity index (χ3v) is 15.0. The third kappa shape index (κ3) is 8.02. The van der Waals surface area contributed by atoms with Gasteiger partial charge < -0.3 is 19.0 Å². The molecule has 71 heavy (non-hydrogen) atoms. The van der Waals surface area contributed by atoms with Crippen LogP contribution in [0, 0.1) is 13.8 Å². The Hall–Kier alpha value is -6.98. The van der Waals surface area contributed by atoms with Gasteiger partial charge in [-0.15, -0.1) is 0 Å². The van der Waals surface area contributed by atoms with Crippen LogP contribution < -0.4 is 30.9 Å². The maximum Gasteiger partial charge on any atom is 0.256 e. The highest BCUT2D eigenvalue weighted by atomic mass is 16.5. The molecule has 0 bridgehead atoms. The SMILES string of the molecule is Cc1cc(C)cc(-c2cc3c4c(c2)N(c2ccc(C(C)(C)C)cc2)c2ccc(C(C)(C)C)cc2B4c2cc(N(c4ccc(C(C)(C)C)cc4)c4ccc(C(C)(C)C)cc4)c4oc5ccccc5c4c2O3)c1. The smallest absolute Gasteiger partial charge is 0.256 e. The summed E-state index contributed by atoms with van der Waals surface area (Å²) < 4.78 is 14.8. The number of ether oxygens (including phenoxy) is 1. The molecule has 5 heteroatoms. The molecular formula is C66H67BN2O2. The van der Waals surface area contributed by atoms with Crippen molar-refractivity contribution in [2.45, 2.75) is 119 Å². The van der Waals surface area contributed by atoms with Crippen LogP contribution in [0.15, 0.2) is 156 Å². The minimum absolute atomic E-state index is 0.00119. The van der Waals surface area contributed by atoms with Crippen LogP contribution in [0.3, 0.4) is 0 Å². The van der Waals surface area contributed by atoms with Gasteiger partial charge in [-0.25, -0.2) is 0 Å². The van der Waals surface area contributed by atoms with Gasteiger partial charge in [-0.1, -0.05) is 179 Å². The lowest BCUT2D eigenvalue weighted by Crippen LogP contribution is -2.59. The van der Waals surface area contributed by atoms with E-state index in [1.54, 1.807) is 0 Å². The van der Waals surface area contributed by atoms with Gasteiger partial charge in [-0.2, -0.15) is 0 Å². The second kappa shape index (κ2) is 16.3. The maximum absolute atomic E-state index is 7.63. The Balaban J connectivity index is 1.25. The molecule has 0 spiro atoms. The quantitative estimate of drug-likeness (QED) is 0.161. The lowest BCUT2D eigenvalue weighted by atomic mass is 9.33. The van der Waals surface area contributed by atoms with Gasteiger partial charge in [0, 0.05) is 33.8 Å². The molecule has 0 unspecified atom stereocenters. The topological polar surface area (TPSA) is 28.9 Å². The summed E-state index contributed by atoms with van der Waals surface area (Å²) in [6.45, 7) is 31.7. The van der Waals surface area contributed by atoms with Gasteiger partial charge >= 0.3 is 0 Å². The zero-order chi connectivity index (χ0) is 50.1. The molecule has 8 aromatic carbocycles. The first-order valence-corrected chi connectivity index (χ1v) is 25.5. The van der Waals surface area contributed by atoms with Crippen molar-refractivity contribution in [3.8, 4) is 22.6 Å². The van der Waals surface area contributed by atoms with Crippen molar-refractivity contribution < 1.29 is 9.15 Å². The summed E-state index contributed by atoms with van der Waals surface area (Å²) in [5, 5.41) is 2.01. The van der Waals surface area contributed by atoms with Crippen LogP contribution >= 0.6 is 0 Å². The lowest BCUT2D eigenvalue weighted by molar-refractivity contribution is 0.493. The maximum atomic E-state index is 7.63. The van der Waals surface area contributed by atoms with Crippen LogP contribution in [0.2, 0.25) is 0 Å². The second-order valence-corrected chi connectivity index (χ2v) is 24.5. The standard InChI is InChI=1S/C66H67BN2O2/c1-40-33-41(2)35-42(34-40)43-36-55-60-58(37-43)71-61-53(67(60)52-38-47(66(12,13)14)25-32-54(52)69(55)50-30-23-46(24-31-50)65(9,10)11)39-56(62-59(61)51-17-15-16-18-57(51)70-62)68(48-26-19-44(20-27-48)63(3,4)5)49-28-21-45(22-29-49)64(6,7)8/h15-39H,1-14H3. The van der Waals surface area contributed by atoms with Gasteiger partial charge in [0.2, 0.25) is 0 Å². The highest BCUT2D eigenvalue weighted by Gasteiger charge is 2.45. The van der Waals surface area contributed by atoms with E-state index < -0.39 is 0 Å². The number of hydrogen-bond donors (Lipinski definition) is 0. The number of fused-ring (bicyclic) bond motifs is 8. The van der Waals surface area contributed by atoms with Crippen LogP contribution in [0.5, 0.6) is 11.5 Å². The van der Waals surface area contributed by atoms with E-state index in [-0.39, 0.29) is 28.4 Å². The molecule has 0 saturated heterocycles. The Morgan fingerprint density at radius 1 is 0.479 bits per heavy atom. The Kier molecular flexibility index (Phi) is 10.6. The Morgan fingerprint density at radius 3 is 1.56 bits per heavy atom. The minimum Gasteiger partial charge on any atom is -0.458 e. The van der Waals surface area contributed by atoms with Crippen LogP contribution in [-0.4, -0.2) is 6.71 Å². The first-order chi connectivity index (χ1) is 33.5. The summed E-state index contributed by atoms with van der Waals surface area (Å²) in [7, 11) is 0. The molecule has 2 aliphatic heterocycles. The van der Waals surface area contributed by atoms with Crippen molar-refractivity contribution in [3.63, 3.8) is 0 Å². The Bertz CT molecular complexity index is 3470. The largest absolute Gasteiger partial charge is 0.458 e. The lowest BCUT2D eigenvalue weighted by Gasteiger charge is -2.41. The van der Waals surface area contributed by atoms with E-state index in [1.165, 1.54) is 50.1 Å². The molecular weight excluding hydrogens is 864 g/mol. The molecule has 11 rings (SSSR count). The number of para-hydroxylation sites is 1. The highest BCUT2D eigenvalue weighted by molar-refractivity contribution is 6.99. The van der Waals surface area contributed by atoms with E-state index in [0.717, 1.165) is 78.4 Å². The molecule has 1 aromatic heterocycles. The summed E-state index contributed by atoms with van der Waals surface area (Å²) in [5.74, 6) is 1.71. The Labute approximate surface area is 422 Å². The number of rotatable bonds is 5. The van der Waals surface area contributed by atoms with Crippen LogP contribution in [-0.2, 0) is 21.7 Å². The van der Waals surface area contributed by atoms with Gasteiger partial charge in [0.05, 0.1) is 11.1 Å². The van der Waals surface area contributed by atoms with E-state index >= 15 is 0 Å². The number of anilines is 6. The molecule has 2 aliphatic rings. The first kappa shape index (κ1) is 46.4. The summed E-state index contributed by atoms with van der Waals surface area (Å²) in [5.41, 5.74) is 21.5. The van der Waals surface area contributed by atoms with Crippen molar-refractivity contribution in [3.05, 3.63) is 185 Å². The fraction of sp³-hybridized carbons (Fsp3) is 0.273. The predicted octanol–water partition coefficient (Wildman–Crippen LogP) is 16.9. The zero-order valence-corrected chi connectivity index (χ0v) is 44.2. The van der Waals surface area contributed by atoms with E-state index in [0.29, 0.717) is 0 Å². The van der Waals surface area contributed by atoms with Crippen molar-refractivity contribution in [1.82, 2.24) is 0 Å². The fourth-order valence-electron chi connectivity index (χ4n) is 11.1. The highest BCUT2D eigenvalue weighted by Crippen LogP contribution is 2.50. The molecule has 356 valence electrons. The summed E-state index contributed by atoms with van der Waals surface area (Å²) in [4.78, 5) is 4.90. The average Bonchev–Trinajstić information content (AvgIpc) is 3.71. The molecule has 0 radical (unpaired) electrons. The molecule has 0 N–H and O–H groups in total. The van der Waals surface area contributed by atoms with Crippen molar-refractivity contribution in [2.24, 2.45) is 0 Å². The summed E-state index contributed by atoms with van der Waals surface area (Å²) in [6, 6.07) is 57.1. The first-order valence-electron chi connectivity index (χ1n) is 25.5. The molecule has 0 fully saturated rings. The number of hydrogen-bond acceptors (Lipinski definition) is 4. The van der Waals surface area contributed by atoms with Crippen molar-refractivity contribution in [2.75, 3.05) is 9.80 Å². The normalized spacial score (nSPS) is 13.5. The van der Waals surface area contributed by atoms with Gasteiger partial charge in [0.15, 0.2) is 5.58 Å². The van der Waals surface area contributed by atoms with E-state index in [1.807, 2.05) is 0 Å². The average molecular weight is 931 g/mol. The van der Waals surface area contributed by atoms with Gasteiger partial charge in [-0.3, -0.25) is 0 Å². The van der Waals surface area contributed by atoms with Crippen LogP contribution in [0.1, 0.15) is 116 Å². The second-order valence-electron chi connectivity index (χ2n) is 24.5. The molecule has 4 nitrogen and oxygen atoms in total. The minimum atomic E-state index is -0.176. The molecule has 0 aliphatic carbocycles. The fourth-order valence-corrected chi connectivity index (χ4v) is 11.1. The molecule has 9 aromatic rings. The van der Waals surface area contributed by atoms with E-state index in [9.17, 15) is 0 Å². The predicted molar refractivity (Wildman–Crippen MR) is 304 cm³/mol. The van der Waals surface area contributed by atoms with Gasteiger partial charge in [0.25, 0.3) is 6.71 Å². The van der Waals surface area contributed by atoms with Crippen molar-refractivity contribution >= 4 is 79.2 Å². The molecule has 0 saturated carbocycles. The summed E-state index contributed by atoms with van der Waals surface area (Å²) >= 11 is 0. The third-order valence-electron chi connectivity index (χ3n) is 15.0. The summed E-state index contributed by atoms with van der Waals surface area (Å²) in [6.07, 6.45) is 0. The van der Waals surface area contributed by atoms with Crippen LogP contribution in [0.4, 0.5) is 34.1 Å². The monoisotopic (exact) mass is 931 g/mol. The van der Waals surface area contributed by atoms with Gasteiger partial charge in [0.1, 0.15) is 17.1 Å². The van der Waals surface area contributed by atoms with E-state index in [2.05, 4.69) is 258 Å². The number of benzene rings is 8.